The summed E-state index contributed by atoms with van der Waals surface area (Å²) in [6, 6.07) is 7.80. The van der Waals surface area contributed by atoms with Crippen LogP contribution in [0.3, 0.4) is 0 Å². The molecule has 0 saturated heterocycles. The first kappa shape index (κ1) is 18.1. The molecule has 1 heterocycles. The van der Waals surface area contributed by atoms with Crippen molar-refractivity contribution in [2.45, 2.75) is 17.9 Å². The van der Waals surface area contributed by atoms with E-state index in [1.54, 1.807) is 25.1 Å². The van der Waals surface area contributed by atoms with Crippen molar-refractivity contribution in [3.63, 3.8) is 0 Å². The van der Waals surface area contributed by atoms with Crippen molar-refractivity contribution >= 4 is 33.2 Å². The Balaban J connectivity index is 2.26. The van der Waals surface area contributed by atoms with E-state index in [0.29, 0.717) is 12.1 Å². The van der Waals surface area contributed by atoms with Crippen LogP contribution in [0.4, 0.5) is 0 Å². The molecule has 0 saturated carbocycles. The van der Waals surface area contributed by atoms with Gasteiger partial charge in [-0.05, 0) is 18.6 Å². The second-order valence-electron chi connectivity index (χ2n) is 4.81. The molecule has 9 heteroatoms. The Kier molecular flexibility index (Phi) is 5.71. The molecule has 0 aliphatic rings. The summed E-state index contributed by atoms with van der Waals surface area (Å²) in [6.07, 6.45) is 0. The van der Waals surface area contributed by atoms with E-state index in [0.717, 1.165) is 11.3 Å². The fourth-order valence-electron chi connectivity index (χ4n) is 1.96. The lowest BCUT2D eigenvalue weighted by molar-refractivity contribution is -0.139. The Bertz CT molecular complexity index is 831. The molecule has 3 N–H and O–H groups in total. The monoisotopic (exact) mass is 368 g/mol. The van der Waals surface area contributed by atoms with Crippen molar-refractivity contribution in [2.75, 3.05) is 6.54 Å². The molecular formula is C15H16N2O5S2. The predicted molar refractivity (Wildman–Crippen MR) is 89.5 cm³/mol. The smallest absolute Gasteiger partial charge is 0.326 e. The van der Waals surface area contributed by atoms with Gasteiger partial charge >= 0.3 is 5.97 Å². The number of carboxylic acids is 1. The molecular weight excluding hydrogens is 352 g/mol. The lowest BCUT2D eigenvalue weighted by Crippen LogP contribution is -2.33. The van der Waals surface area contributed by atoms with Crippen LogP contribution in [-0.4, -0.2) is 31.9 Å². The zero-order chi connectivity index (χ0) is 17.7. The lowest BCUT2D eigenvalue weighted by atomic mass is 10.1. The minimum Gasteiger partial charge on any atom is -0.480 e. The van der Waals surface area contributed by atoms with Gasteiger partial charge in [0, 0.05) is 11.9 Å². The maximum Gasteiger partial charge on any atom is 0.326 e. The molecule has 0 fully saturated rings. The molecule has 0 unspecified atom stereocenters. The number of benzene rings is 1. The van der Waals surface area contributed by atoms with Gasteiger partial charge in [0.15, 0.2) is 0 Å². The summed E-state index contributed by atoms with van der Waals surface area (Å²) in [6.45, 7) is 2.17. The summed E-state index contributed by atoms with van der Waals surface area (Å²) >= 11 is 0.977. The maximum atomic E-state index is 12.4. The van der Waals surface area contributed by atoms with Crippen LogP contribution in [0.25, 0.3) is 0 Å². The Morgan fingerprint density at radius 3 is 2.50 bits per heavy atom. The number of carbonyl (C=O) groups excluding carboxylic acids is 1. The average Bonchev–Trinajstić information content (AvgIpc) is 3.04. The van der Waals surface area contributed by atoms with Gasteiger partial charge in [-0.2, -0.15) is 4.72 Å². The largest absolute Gasteiger partial charge is 0.480 e. The number of hydrogen-bond acceptors (Lipinski definition) is 5. The fourth-order valence-corrected chi connectivity index (χ4v) is 4.32. The summed E-state index contributed by atoms with van der Waals surface area (Å²) in [5, 5.41) is 13.2. The number of nitrogens with one attached hydrogen (secondary N) is 2. The molecule has 2 aromatic rings. The van der Waals surface area contributed by atoms with E-state index in [1.165, 1.54) is 23.6 Å². The Hall–Kier alpha value is -2.23. The highest BCUT2D eigenvalue weighted by Gasteiger charge is 2.28. The molecule has 7 nitrogen and oxygen atoms in total. The van der Waals surface area contributed by atoms with Crippen molar-refractivity contribution in [3.8, 4) is 0 Å². The Morgan fingerprint density at radius 2 is 1.92 bits per heavy atom. The highest BCUT2D eigenvalue weighted by Crippen LogP contribution is 2.22. The second kappa shape index (κ2) is 7.56. The number of amides is 1. The summed E-state index contributed by atoms with van der Waals surface area (Å²) in [5.41, 5.74) is 0.313. The van der Waals surface area contributed by atoms with Gasteiger partial charge in [0.05, 0.1) is 9.77 Å². The minimum atomic E-state index is -4.08. The van der Waals surface area contributed by atoms with Crippen LogP contribution in [0.2, 0.25) is 0 Å². The Labute approximate surface area is 143 Å². The molecule has 1 amide bonds. The summed E-state index contributed by atoms with van der Waals surface area (Å²) in [4.78, 5) is 23.2. The van der Waals surface area contributed by atoms with Crippen LogP contribution < -0.4 is 10.0 Å². The number of thiophene rings is 1. The van der Waals surface area contributed by atoms with Crippen molar-refractivity contribution < 1.29 is 23.1 Å². The molecule has 0 radical (unpaired) electrons. The van der Waals surface area contributed by atoms with Gasteiger partial charge < -0.3 is 10.4 Å². The van der Waals surface area contributed by atoms with Crippen LogP contribution in [0.15, 0.2) is 46.7 Å². The molecule has 1 aromatic heterocycles. The van der Waals surface area contributed by atoms with Crippen LogP contribution in [0.5, 0.6) is 0 Å². The molecule has 128 valence electrons. The number of sulfonamides is 1. The van der Waals surface area contributed by atoms with Crippen molar-refractivity contribution in [1.82, 2.24) is 10.0 Å². The third-order valence-corrected chi connectivity index (χ3v) is 5.58. The van der Waals surface area contributed by atoms with Crippen molar-refractivity contribution in [1.29, 1.82) is 0 Å². The van der Waals surface area contributed by atoms with Crippen LogP contribution in [-0.2, 0) is 14.8 Å². The maximum absolute atomic E-state index is 12.4. The van der Waals surface area contributed by atoms with Crippen molar-refractivity contribution in [3.05, 3.63) is 52.2 Å². The molecule has 0 aliphatic heterocycles. The molecule has 0 spiro atoms. The van der Waals surface area contributed by atoms with Crippen LogP contribution >= 0.6 is 11.3 Å². The van der Waals surface area contributed by atoms with E-state index in [4.69, 9.17) is 0 Å². The van der Waals surface area contributed by atoms with Gasteiger partial charge in [-0.1, -0.05) is 30.3 Å². The summed E-state index contributed by atoms with van der Waals surface area (Å²) in [5.74, 6) is -1.69. The third kappa shape index (κ3) is 4.19. The van der Waals surface area contributed by atoms with Gasteiger partial charge in [-0.25, -0.2) is 8.42 Å². The molecule has 1 atom stereocenters. The molecule has 2 rings (SSSR count). The van der Waals surface area contributed by atoms with E-state index in [-0.39, 0.29) is 15.7 Å². The predicted octanol–water partition coefficient (Wildman–Crippen LogP) is 1.60. The number of carbonyl (C=O) groups is 2. The van der Waals surface area contributed by atoms with E-state index < -0.39 is 22.0 Å². The normalized spacial score (nSPS) is 12.5. The van der Waals surface area contributed by atoms with E-state index in [2.05, 4.69) is 10.0 Å². The first-order valence-electron chi connectivity index (χ1n) is 7.02. The van der Waals surface area contributed by atoms with Crippen LogP contribution in [0, 0.1) is 0 Å². The van der Waals surface area contributed by atoms with Crippen molar-refractivity contribution in [2.24, 2.45) is 0 Å². The van der Waals surface area contributed by atoms with Gasteiger partial charge in [-0.3, -0.25) is 9.59 Å². The van der Waals surface area contributed by atoms with E-state index in [1.807, 2.05) is 0 Å². The Morgan fingerprint density at radius 1 is 1.25 bits per heavy atom. The lowest BCUT2D eigenvalue weighted by Gasteiger charge is -2.14. The number of hydrogen-bond donors (Lipinski definition) is 3. The fraction of sp³-hybridized carbons (Fsp3) is 0.200. The van der Waals surface area contributed by atoms with E-state index >= 15 is 0 Å². The number of carboxylic acid groups (broad SMARTS) is 1. The van der Waals surface area contributed by atoms with Gasteiger partial charge in [0.2, 0.25) is 10.0 Å². The molecule has 1 aromatic carbocycles. The number of aliphatic carboxylic acids is 1. The first-order chi connectivity index (χ1) is 11.3. The first-order valence-corrected chi connectivity index (χ1v) is 9.38. The average molecular weight is 368 g/mol. The minimum absolute atomic E-state index is 0.143. The highest BCUT2D eigenvalue weighted by molar-refractivity contribution is 7.89. The third-order valence-electron chi connectivity index (χ3n) is 3.10. The number of rotatable bonds is 7. The zero-order valence-electron chi connectivity index (χ0n) is 12.7. The summed E-state index contributed by atoms with van der Waals surface area (Å²) < 4.78 is 27.0. The highest BCUT2D eigenvalue weighted by atomic mass is 32.2. The SMILES string of the molecule is CCNC(=O)c1cc(S(=O)(=O)N[C@H](C(=O)O)c2ccccc2)cs1. The topological polar surface area (TPSA) is 113 Å². The zero-order valence-corrected chi connectivity index (χ0v) is 14.4. The molecule has 24 heavy (non-hydrogen) atoms. The quantitative estimate of drug-likeness (QED) is 0.687. The second-order valence-corrected chi connectivity index (χ2v) is 7.43. The van der Waals surface area contributed by atoms with Gasteiger partial charge in [-0.15, -0.1) is 11.3 Å². The molecule has 0 aliphatic carbocycles. The van der Waals surface area contributed by atoms with Gasteiger partial charge in [0.1, 0.15) is 6.04 Å². The standard InChI is InChI=1S/C15H16N2O5S2/c1-2-16-14(18)12-8-11(9-23-12)24(21,22)17-13(15(19)20)10-6-4-3-5-7-10/h3-9,13,17H,2H2,1H3,(H,16,18)(H,19,20)/t13-/m0/s1. The van der Waals surface area contributed by atoms with Gasteiger partial charge in [0.25, 0.3) is 5.91 Å². The summed E-state index contributed by atoms with van der Waals surface area (Å²) in [7, 11) is -4.08. The van der Waals surface area contributed by atoms with E-state index in [9.17, 15) is 23.1 Å². The molecule has 0 bridgehead atoms. The van der Waals surface area contributed by atoms with Crippen LogP contribution in [0.1, 0.15) is 28.2 Å².